The SMILES string of the molecule is O=C(OCc1nc(-c2cccs2)no1)c1cccc(S(=O)(=O)NCc2cccs2)c1. The van der Waals surface area contributed by atoms with E-state index < -0.39 is 16.0 Å². The van der Waals surface area contributed by atoms with E-state index in [2.05, 4.69) is 14.9 Å². The van der Waals surface area contributed by atoms with E-state index >= 15 is 0 Å². The summed E-state index contributed by atoms with van der Waals surface area (Å²) in [6.45, 7) is -0.0385. The smallest absolute Gasteiger partial charge is 0.338 e. The predicted molar refractivity (Wildman–Crippen MR) is 112 cm³/mol. The van der Waals surface area contributed by atoms with Gasteiger partial charge in [-0.05, 0) is 41.1 Å². The zero-order valence-corrected chi connectivity index (χ0v) is 17.8. The molecule has 0 aliphatic heterocycles. The molecule has 8 nitrogen and oxygen atoms in total. The van der Waals surface area contributed by atoms with Crippen LogP contribution in [0.5, 0.6) is 0 Å². The van der Waals surface area contributed by atoms with Crippen LogP contribution in [0, 0.1) is 0 Å². The minimum atomic E-state index is -3.77. The number of ether oxygens (including phenoxy) is 1. The van der Waals surface area contributed by atoms with Gasteiger partial charge in [0.25, 0.3) is 5.89 Å². The molecule has 0 spiro atoms. The molecule has 0 amide bonds. The fraction of sp³-hybridized carbons (Fsp3) is 0.105. The van der Waals surface area contributed by atoms with Crippen molar-refractivity contribution >= 4 is 38.7 Å². The van der Waals surface area contributed by atoms with Crippen LogP contribution in [-0.2, 0) is 27.9 Å². The third kappa shape index (κ3) is 4.82. The summed E-state index contributed by atoms with van der Waals surface area (Å²) in [5, 5.41) is 7.60. The van der Waals surface area contributed by atoms with Crippen molar-refractivity contribution in [2.24, 2.45) is 0 Å². The van der Waals surface area contributed by atoms with E-state index in [0.717, 1.165) is 9.75 Å². The zero-order valence-electron chi connectivity index (χ0n) is 15.3. The Morgan fingerprint density at radius 3 is 2.70 bits per heavy atom. The second-order valence-electron chi connectivity index (χ2n) is 6.00. The summed E-state index contributed by atoms with van der Waals surface area (Å²) in [7, 11) is -3.77. The summed E-state index contributed by atoms with van der Waals surface area (Å²) in [4.78, 5) is 18.2. The van der Waals surface area contributed by atoms with Gasteiger partial charge >= 0.3 is 5.97 Å². The van der Waals surface area contributed by atoms with E-state index in [1.807, 2.05) is 35.0 Å². The number of rotatable bonds is 8. The van der Waals surface area contributed by atoms with Crippen LogP contribution >= 0.6 is 22.7 Å². The van der Waals surface area contributed by atoms with Crippen LogP contribution in [0.15, 0.2) is 68.7 Å². The standard InChI is InChI=1S/C19H15N3O5S3/c23-19(26-12-17-21-18(22-27-17)16-7-3-9-29-16)13-4-1-6-15(10-13)30(24,25)20-11-14-5-2-8-28-14/h1-10,20H,11-12H2. The molecule has 0 aliphatic rings. The molecule has 30 heavy (non-hydrogen) atoms. The number of nitrogens with one attached hydrogen (secondary N) is 1. The van der Waals surface area contributed by atoms with Crippen LogP contribution in [-0.4, -0.2) is 24.5 Å². The summed E-state index contributed by atoms with van der Waals surface area (Å²) < 4.78 is 37.8. The predicted octanol–water partition coefficient (Wildman–Crippen LogP) is 3.70. The molecule has 3 aromatic heterocycles. The molecular weight excluding hydrogens is 446 g/mol. The summed E-state index contributed by atoms with van der Waals surface area (Å²) in [6, 6.07) is 13.0. The maximum Gasteiger partial charge on any atom is 0.338 e. The normalized spacial score (nSPS) is 11.5. The van der Waals surface area contributed by atoms with Crippen LogP contribution in [0.2, 0.25) is 0 Å². The number of carbonyl (C=O) groups excluding carboxylic acids is 1. The highest BCUT2D eigenvalue weighted by atomic mass is 32.2. The van der Waals surface area contributed by atoms with E-state index in [1.54, 1.807) is 0 Å². The van der Waals surface area contributed by atoms with E-state index in [1.165, 1.54) is 46.9 Å². The first kappa shape index (κ1) is 20.4. The number of benzene rings is 1. The number of carbonyl (C=O) groups is 1. The molecule has 0 fully saturated rings. The quantitative estimate of drug-likeness (QED) is 0.398. The summed E-state index contributed by atoms with van der Waals surface area (Å²) in [5.41, 5.74) is 0.104. The van der Waals surface area contributed by atoms with Crippen molar-refractivity contribution in [3.63, 3.8) is 0 Å². The Kier molecular flexibility index (Phi) is 6.04. The first-order valence-corrected chi connectivity index (χ1v) is 11.9. The van der Waals surface area contributed by atoms with Gasteiger partial charge in [-0.2, -0.15) is 4.98 Å². The topological polar surface area (TPSA) is 111 Å². The number of esters is 1. The Labute approximate surface area is 180 Å². The lowest BCUT2D eigenvalue weighted by molar-refractivity contribution is 0.0429. The van der Waals surface area contributed by atoms with Gasteiger partial charge in [0.05, 0.1) is 15.3 Å². The van der Waals surface area contributed by atoms with Crippen LogP contribution < -0.4 is 4.72 Å². The fourth-order valence-corrected chi connectivity index (χ4v) is 4.92. The van der Waals surface area contributed by atoms with Crippen LogP contribution in [0.25, 0.3) is 10.7 Å². The molecule has 154 valence electrons. The van der Waals surface area contributed by atoms with Crippen molar-refractivity contribution in [2.45, 2.75) is 18.0 Å². The maximum absolute atomic E-state index is 12.5. The van der Waals surface area contributed by atoms with E-state index in [0.29, 0.717) is 5.82 Å². The maximum atomic E-state index is 12.5. The Hall–Kier alpha value is -2.86. The fourth-order valence-electron chi connectivity index (χ4n) is 2.48. The largest absolute Gasteiger partial charge is 0.452 e. The van der Waals surface area contributed by atoms with Gasteiger partial charge in [-0.3, -0.25) is 0 Å². The first-order valence-electron chi connectivity index (χ1n) is 8.67. The molecule has 0 radical (unpaired) electrons. The number of nitrogens with zero attached hydrogens (tertiary/aromatic N) is 2. The van der Waals surface area contributed by atoms with Crippen LogP contribution in [0.4, 0.5) is 0 Å². The second kappa shape index (κ2) is 8.88. The zero-order chi connectivity index (χ0) is 21.0. The number of aromatic nitrogens is 2. The van der Waals surface area contributed by atoms with Gasteiger partial charge < -0.3 is 9.26 Å². The molecule has 4 aromatic rings. The molecular formula is C19H15N3O5S3. The Balaban J connectivity index is 1.40. The molecule has 1 N–H and O–H groups in total. The van der Waals surface area contributed by atoms with Crippen molar-refractivity contribution in [1.82, 2.24) is 14.9 Å². The molecule has 11 heteroatoms. The highest BCUT2D eigenvalue weighted by molar-refractivity contribution is 7.89. The van der Waals surface area contributed by atoms with Gasteiger partial charge in [0, 0.05) is 11.4 Å². The average molecular weight is 462 g/mol. The Bertz CT molecular complexity index is 1230. The van der Waals surface area contributed by atoms with Crippen molar-refractivity contribution in [3.05, 3.63) is 75.6 Å². The molecule has 0 atom stereocenters. The van der Waals surface area contributed by atoms with Gasteiger partial charge in [0.1, 0.15) is 0 Å². The first-order chi connectivity index (χ1) is 14.5. The summed E-state index contributed by atoms with van der Waals surface area (Å²) >= 11 is 2.91. The van der Waals surface area contributed by atoms with Crippen molar-refractivity contribution < 1.29 is 22.5 Å². The van der Waals surface area contributed by atoms with Crippen molar-refractivity contribution in [2.75, 3.05) is 0 Å². The van der Waals surface area contributed by atoms with Crippen molar-refractivity contribution in [1.29, 1.82) is 0 Å². The minimum absolute atomic E-state index is 0.0220. The van der Waals surface area contributed by atoms with Gasteiger partial charge in [0.15, 0.2) is 6.61 Å². The Morgan fingerprint density at radius 2 is 1.93 bits per heavy atom. The molecule has 0 aliphatic carbocycles. The lowest BCUT2D eigenvalue weighted by Gasteiger charge is -2.07. The number of thiophene rings is 2. The minimum Gasteiger partial charge on any atom is -0.452 e. The lowest BCUT2D eigenvalue weighted by Crippen LogP contribution is -2.23. The molecule has 4 rings (SSSR count). The Morgan fingerprint density at radius 1 is 1.10 bits per heavy atom. The van der Waals surface area contributed by atoms with E-state index in [-0.39, 0.29) is 29.5 Å². The molecule has 3 heterocycles. The third-order valence-corrected chi connectivity index (χ3v) is 7.07. The second-order valence-corrected chi connectivity index (χ2v) is 9.74. The molecule has 0 unspecified atom stereocenters. The van der Waals surface area contributed by atoms with Gasteiger partial charge in [-0.25, -0.2) is 17.9 Å². The van der Waals surface area contributed by atoms with Gasteiger partial charge in [-0.1, -0.05) is 23.4 Å². The van der Waals surface area contributed by atoms with E-state index in [9.17, 15) is 13.2 Å². The molecule has 0 saturated carbocycles. The van der Waals surface area contributed by atoms with Gasteiger partial charge in [0.2, 0.25) is 15.8 Å². The third-order valence-electron chi connectivity index (χ3n) is 3.93. The highest BCUT2D eigenvalue weighted by Crippen LogP contribution is 2.21. The highest BCUT2D eigenvalue weighted by Gasteiger charge is 2.18. The van der Waals surface area contributed by atoms with Crippen LogP contribution in [0.1, 0.15) is 21.1 Å². The number of hydrogen-bond donors (Lipinski definition) is 1. The molecule has 0 saturated heterocycles. The average Bonchev–Trinajstić information content (AvgIpc) is 3.53. The number of sulfonamides is 1. The van der Waals surface area contributed by atoms with E-state index in [4.69, 9.17) is 9.26 Å². The van der Waals surface area contributed by atoms with Gasteiger partial charge in [-0.15, -0.1) is 22.7 Å². The lowest BCUT2D eigenvalue weighted by atomic mass is 10.2. The van der Waals surface area contributed by atoms with Crippen molar-refractivity contribution in [3.8, 4) is 10.7 Å². The number of hydrogen-bond acceptors (Lipinski definition) is 9. The summed E-state index contributed by atoms with van der Waals surface area (Å²) in [6.07, 6.45) is 0. The monoisotopic (exact) mass is 461 g/mol. The summed E-state index contributed by atoms with van der Waals surface area (Å²) in [5.74, 6) is -0.129. The van der Waals surface area contributed by atoms with Crippen LogP contribution in [0.3, 0.4) is 0 Å². The molecule has 0 bridgehead atoms. The molecule has 1 aromatic carbocycles.